The van der Waals surface area contributed by atoms with Crippen molar-refractivity contribution in [2.45, 2.75) is 11.8 Å². The maximum Gasteiger partial charge on any atom is 0.337 e. The lowest BCUT2D eigenvalue weighted by Crippen LogP contribution is -2.15. The molecule has 0 amide bonds. The molecule has 0 saturated heterocycles. The van der Waals surface area contributed by atoms with Gasteiger partial charge in [0, 0.05) is 0 Å². The summed E-state index contributed by atoms with van der Waals surface area (Å²) in [6.07, 6.45) is 0. The summed E-state index contributed by atoms with van der Waals surface area (Å²) >= 11 is 5.46. The first-order valence-electron chi connectivity index (χ1n) is 5.26. The van der Waals surface area contributed by atoms with Crippen molar-refractivity contribution in [3.05, 3.63) is 34.4 Å². The number of halogens is 2. The molecule has 1 heterocycles. The fraction of sp³-hybridized carbons (Fsp3) is 0.100. The summed E-state index contributed by atoms with van der Waals surface area (Å²) in [5, 5.41) is 11.6. The molecule has 0 fully saturated rings. The van der Waals surface area contributed by atoms with Crippen LogP contribution in [-0.4, -0.2) is 29.6 Å². The Bertz CT molecular complexity index is 820. The third-order valence-corrected chi connectivity index (χ3v) is 3.98. The van der Waals surface area contributed by atoms with Gasteiger partial charge in [0.1, 0.15) is 5.82 Å². The zero-order valence-corrected chi connectivity index (χ0v) is 11.9. The van der Waals surface area contributed by atoms with E-state index in [-0.39, 0.29) is 5.82 Å². The summed E-state index contributed by atoms with van der Waals surface area (Å²) in [4.78, 5) is 13.9. The van der Waals surface area contributed by atoms with Gasteiger partial charge in [0.15, 0.2) is 5.82 Å². The van der Waals surface area contributed by atoms with Crippen molar-refractivity contribution < 1.29 is 27.2 Å². The van der Waals surface area contributed by atoms with Crippen LogP contribution in [-0.2, 0) is 10.0 Å². The largest absolute Gasteiger partial charge is 0.478 e. The molecule has 0 aliphatic carbocycles. The first kappa shape index (κ1) is 15.2. The number of nitrogens with one attached hydrogen (secondary N) is 1. The van der Waals surface area contributed by atoms with Gasteiger partial charge in [-0.3, -0.25) is 0 Å². The third kappa shape index (κ3) is 3.11. The maximum absolute atomic E-state index is 13.5. The van der Waals surface area contributed by atoms with Crippen molar-refractivity contribution in [2.75, 3.05) is 4.72 Å². The van der Waals surface area contributed by atoms with Crippen molar-refractivity contribution >= 4 is 33.6 Å². The van der Waals surface area contributed by atoms with Gasteiger partial charge >= 0.3 is 12.0 Å². The number of benzene rings is 1. The SMILES string of the molecule is Cc1noc(NS(=O)(=O)c2cc(F)c(Cl)c(C(=O)O)c2)n1. The standard InChI is InChI=1S/C10H7ClFN3O5S/c1-4-13-10(20-14-4)15-21(18,19)5-2-6(9(16)17)8(11)7(12)3-5/h2-3H,1H3,(H,16,17)(H,13,14,15). The molecule has 2 aromatic rings. The van der Waals surface area contributed by atoms with E-state index in [1.807, 2.05) is 4.72 Å². The quantitative estimate of drug-likeness (QED) is 0.871. The Hall–Kier alpha value is -2.20. The second-order valence-electron chi connectivity index (χ2n) is 3.82. The van der Waals surface area contributed by atoms with E-state index in [4.69, 9.17) is 16.7 Å². The molecule has 0 bridgehead atoms. The summed E-state index contributed by atoms with van der Waals surface area (Å²) in [5.41, 5.74) is -0.682. The minimum Gasteiger partial charge on any atom is -0.478 e. The Morgan fingerprint density at radius 3 is 2.67 bits per heavy atom. The van der Waals surface area contributed by atoms with E-state index < -0.39 is 43.3 Å². The molecule has 0 saturated carbocycles. The molecule has 0 spiro atoms. The molecule has 1 aromatic carbocycles. The smallest absolute Gasteiger partial charge is 0.337 e. The Morgan fingerprint density at radius 2 is 2.14 bits per heavy atom. The topological polar surface area (TPSA) is 122 Å². The van der Waals surface area contributed by atoms with Crippen molar-refractivity contribution in [1.29, 1.82) is 0 Å². The van der Waals surface area contributed by atoms with Crippen LogP contribution in [0.15, 0.2) is 21.6 Å². The van der Waals surface area contributed by atoms with Crippen molar-refractivity contribution in [3.8, 4) is 0 Å². The Balaban J connectivity index is 2.47. The van der Waals surface area contributed by atoms with Gasteiger partial charge in [0.05, 0.1) is 15.5 Å². The molecule has 0 unspecified atom stereocenters. The van der Waals surface area contributed by atoms with Crippen LogP contribution in [0.1, 0.15) is 16.2 Å². The van der Waals surface area contributed by atoms with E-state index >= 15 is 0 Å². The van der Waals surface area contributed by atoms with E-state index in [1.165, 1.54) is 6.92 Å². The number of hydrogen-bond donors (Lipinski definition) is 2. The highest BCUT2D eigenvalue weighted by Gasteiger charge is 2.23. The summed E-state index contributed by atoms with van der Waals surface area (Å²) in [5.74, 6) is -2.57. The zero-order valence-electron chi connectivity index (χ0n) is 10.3. The van der Waals surface area contributed by atoms with Gasteiger partial charge in [-0.1, -0.05) is 16.8 Å². The molecule has 21 heavy (non-hydrogen) atoms. The minimum atomic E-state index is -4.30. The lowest BCUT2D eigenvalue weighted by atomic mass is 10.2. The number of carboxylic acids is 1. The Morgan fingerprint density at radius 1 is 1.48 bits per heavy atom. The fourth-order valence-corrected chi connectivity index (χ4v) is 2.54. The van der Waals surface area contributed by atoms with Crippen molar-refractivity contribution in [3.63, 3.8) is 0 Å². The highest BCUT2D eigenvalue weighted by Crippen LogP contribution is 2.25. The van der Waals surface area contributed by atoms with Crippen LogP contribution in [0.3, 0.4) is 0 Å². The lowest BCUT2D eigenvalue weighted by molar-refractivity contribution is 0.0696. The van der Waals surface area contributed by atoms with Crippen molar-refractivity contribution in [1.82, 2.24) is 10.1 Å². The number of hydrogen-bond acceptors (Lipinski definition) is 6. The average Bonchev–Trinajstić information content (AvgIpc) is 2.76. The first-order chi connectivity index (χ1) is 9.70. The Kier molecular flexibility index (Phi) is 3.83. The highest BCUT2D eigenvalue weighted by atomic mass is 35.5. The molecule has 0 radical (unpaired) electrons. The highest BCUT2D eigenvalue weighted by molar-refractivity contribution is 7.92. The molecule has 0 aliphatic rings. The number of carbonyl (C=O) groups is 1. The zero-order chi connectivity index (χ0) is 15.8. The molecule has 2 rings (SSSR count). The number of carboxylic acid groups (broad SMARTS) is 1. The molecular weight excluding hydrogens is 329 g/mol. The number of aryl methyl sites for hydroxylation is 1. The van der Waals surface area contributed by atoms with Crippen molar-refractivity contribution in [2.24, 2.45) is 0 Å². The molecule has 112 valence electrons. The van der Waals surface area contributed by atoms with Crippen LogP contribution in [0, 0.1) is 12.7 Å². The monoisotopic (exact) mass is 335 g/mol. The van der Waals surface area contributed by atoms with E-state index in [0.29, 0.717) is 6.07 Å². The molecule has 11 heteroatoms. The van der Waals surface area contributed by atoms with E-state index in [9.17, 15) is 17.6 Å². The average molecular weight is 336 g/mol. The maximum atomic E-state index is 13.5. The number of aromatic carboxylic acids is 1. The number of anilines is 1. The van der Waals surface area contributed by atoms with Gasteiger partial charge < -0.3 is 9.63 Å². The summed E-state index contributed by atoms with van der Waals surface area (Å²) in [7, 11) is -4.30. The summed E-state index contributed by atoms with van der Waals surface area (Å²) in [6, 6.07) is 0.874. The van der Waals surface area contributed by atoms with Gasteiger partial charge in [-0.2, -0.15) is 4.98 Å². The minimum absolute atomic E-state index is 0.182. The second-order valence-corrected chi connectivity index (χ2v) is 5.88. The third-order valence-electron chi connectivity index (χ3n) is 2.29. The molecule has 8 nitrogen and oxygen atoms in total. The van der Waals surface area contributed by atoms with Gasteiger partial charge in [0.2, 0.25) is 0 Å². The van der Waals surface area contributed by atoms with Gasteiger partial charge in [-0.05, 0) is 19.1 Å². The number of aromatic nitrogens is 2. The van der Waals surface area contributed by atoms with E-state index in [2.05, 4.69) is 14.7 Å². The predicted octanol–water partition coefficient (Wildman–Crippen LogP) is 1.67. The van der Waals surface area contributed by atoms with Crippen LogP contribution < -0.4 is 4.72 Å². The normalized spacial score (nSPS) is 11.4. The second kappa shape index (κ2) is 5.30. The molecule has 0 atom stereocenters. The van der Waals surface area contributed by atoms with Crippen LogP contribution in [0.2, 0.25) is 5.02 Å². The van der Waals surface area contributed by atoms with E-state index in [1.54, 1.807) is 0 Å². The van der Waals surface area contributed by atoms with Gasteiger partial charge in [-0.25, -0.2) is 22.3 Å². The van der Waals surface area contributed by atoms with Crippen LogP contribution in [0.25, 0.3) is 0 Å². The molecule has 2 N–H and O–H groups in total. The van der Waals surface area contributed by atoms with E-state index in [0.717, 1.165) is 6.07 Å². The van der Waals surface area contributed by atoms with Gasteiger partial charge in [-0.15, -0.1) is 0 Å². The number of nitrogens with zero attached hydrogens (tertiary/aromatic N) is 2. The number of sulfonamides is 1. The van der Waals surface area contributed by atoms with Crippen LogP contribution in [0.4, 0.5) is 10.4 Å². The number of rotatable bonds is 4. The molecule has 0 aliphatic heterocycles. The lowest BCUT2D eigenvalue weighted by Gasteiger charge is -2.07. The molecule has 1 aromatic heterocycles. The predicted molar refractivity (Wildman–Crippen MR) is 68.2 cm³/mol. The first-order valence-corrected chi connectivity index (χ1v) is 7.12. The summed E-state index contributed by atoms with van der Waals surface area (Å²) in [6.45, 7) is 1.46. The summed E-state index contributed by atoms with van der Waals surface area (Å²) < 4.78 is 44.0. The molecular formula is C10H7ClFN3O5S. The van der Waals surface area contributed by atoms with Crippen LogP contribution in [0.5, 0.6) is 0 Å². The fourth-order valence-electron chi connectivity index (χ4n) is 1.39. The van der Waals surface area contributed by atoms with Crippen LogP contribution >= 0.6 is 11.6 Å². The van der Waals surface area contributed by atoms with Gasteiger partial charge in [0.25, 0.3) is 10.0 Å². The Labute approximate surface area is 122 Å².